The molecule has 2 rings (SSSR count). The molecular weight excluding hydrogens is 240 g/mol. The summed E-state index contributed by atoms with van der Waals surface area (Å²) in [7, 11) is 1.70. The van der Waals surface area contributed by atoms with Crippen molar-refractivity contribution in [1.82, 2.24) is 9.78 Å². The van der Waals surface area contributed by atoms with E-state index in [0.29, 0.717) is 11.4 Å². The quantitative estimate of drug-likeness (QED) is 0.883. The average Bonchev–Trinajstić information content (AvgIpc) is 2.73. The molecule has 2 aromatic rings. The lowest BCUT2D eigenvalue weighted by atomic mass is 10.1. The third kappa shape index (κ3) is 2.93. The van der Waals surface area contributed by atoms with Crippen LogP contribution in [-0.4, -0.2) is 15.7 Å². The predicted molar refractivity (Wildman–Crippen MR) is 76.0 cm³/mol. The number of nitrogens with zero attached hydrogens (tertiary/aromatic N) is 2. The van der Waals surface area contributed by atoms with Crippen molar-refractivity contribution in [2.75, 3.05) is 11.1 Å². The van der Waals surface area contributed by atoms with Crippen LogP contribution < -0.4 is 11.1 Å². The molecule has 0 spiro atoms. The van der Waals surface area contributed by atoms with E-state index < -0.39 is 0 Å². The Bertz CT molecular complexity index is 572. The van der Waals surface area contributed by atoms with Crippen LogP contribution in [-0.2, 0) is 13.5 Å². The van der Waals surface area contributed by atoms with Gasteiger partial charge in [0.1, 0.15) is 11.4 Å². The molecule has 1 amide bonds. The molecule has 5 heteroatoms. The molecule has 0 radical (unpaired) electrons. The Labute approximate surface area is 112 Å². The van der Waals surface area contributed by atoms with Crippen LogP contribution in [0.1, 0.15) is 29.3 Å². The summed E-state index contributed by atoms with van der Waals surface area (Å²) in [5.41, 5.74) is 8.17. The smallest absolute Gasteiger partial charge is 0.261 e. The lowest BCUT2D eigenvalue weighted by Gasteiger charge is -2.06. The summed E-state index contributed by atoms with van der Waals surface area (Å²) >= 11 is 0. The molecule has 0 aliphatic carbocycles. The molecule has 0 aliphatic heterocycles. The maximum Gasteiger partial charge on any atom is 0.261 e. The van der Waals surface area contributed by atoms with Gasteiger partial charge in [0.05, 0.1) is 6.20 Å². The topological polar surface area (TPSA) is 72.9 Å². The van der Waals surface area contributed by atoms with Gasteiger partial charge in [0.2, 0.25) is 0 Å². The minimum Gasteiger partial charge on any atom is -0.383 e. The van der Waals surface area contributed by atoms with E-state index in [4.69, 9.17) is 5.73 Å². The minimum atomic E-state index is -0.242. The molecule has 0 saturated carbocycles. The molecule has 100 valence electrons. The first kappa shape index (κ1) is 13.1. The molecule has 1 aromatic heterocycles. The van der Waals surface area contributed by atoms with Crippen LogP contribution in [0, 0.1) is 0 Å². The van der Waals surface area contributed by atoms with Gasteiger partial charge in [0, 0.05) is 12.7 Å². The van der Waals surface area contributed by atoms with E-state index in [2.05, 4.69) is 17.3 Å². The zero-order valence-electron chi connectivity index (χ0n) is 11.2. The molecule has 0 saturated heterocycles. The molecule has 0 unspecified atom stereocenters. The van der Waals surface area contributed by atoms with Crippen molar-refractivity contribution in [3.63, 3.8) is 0 Å². The summed E-state index contributed by atoms with van der Waals surface area (Å²) in [6.07, 6.45) is 3.62. The molecule has 0 atom stereocenters. The number of aryl methyl sites for hydroxylation is 2. The van der Waals surface area contributed by atoms with Gasteiger partial charge in [-0.05, 0) is 24.1 Å². The normalized spacial score (nSPS) is 10.4. The van der Waals surface area contributed by atoms with Crippen molar-refractivity contribution in [2.45, 2.75) is 19.8 Å². The Morgan fingerprint density at radius 1 is 1.37 bits per heavy atom. The van der Waals surface area contributed by atoms with Gasteiger partial charge in [-0.15, -0.1) is 0 Å². The maximum absolute atomic E-state index is 12.0. The van der Waals surface area contributed by atoms with Crippen LogP contribution in [0.15, 0.2) is 30.5 Å². The molecule has 1 heterocycles. The fraction of sp³-hybridized carbons (Fsp3) is 0.286. The molecule has 5 nitrogen and oxygen atoms in total. The number of nitrogens with two attached hydrogens (primary N) is 1. The van der Waals surface area contributed by atoms with Gasteiger partial charge in [0.15, 0.2) is 0 Å². The molecule has 0 fully saturated rings. The molecule has 0 bridgehead atoms. The van der Waals surface area contributed by atoms with Gasteiger partial charge in [-0.3, -0.25) is 9.48 Å². The number of hydrogen-bond donors (Lipinski definition) is 2. The Morgan fingerprint density at radius 2 is 2.05 bits per heavy atom. The molecule has 19 heavy (non-hydrogen) atoms. The number of anilines is 2. The highest BCUT2D eigenvalue weighted by Gasteiger charge is 2.13. The summed E-state index contributed by atoms with van der Waals surface area (Å²) in [6.45, 7) is 2.14. The van der Waals surface area contributed by atoms with Gasteiger partial charge in [-0.1, -0.05) is 25.5 Å². The van der Waals surface area contributed by atoms with Crippen LogP contribution in [0.4, 0.5) is 11.5 Å². The number of benzene rings is 1. The summed E-state index contributed by atoms with van der Waals surface area (Å²) in [6, 6.07) is 7.84. The molecule has 0 aliphatic rings. The van der Waals surface area contributed by atoms with E-state index in [0.717, 1.165) is 18.5 Å². The van der Waals surface area contributed by atoms with Gasteiger partial charge >= 0.3 is 0 Å². The first-order valence-corrected chi connectivity index (χ1v) is 6.29. The minimum absolute atomic E-state index is 0.242. The second-order valence-electron chi connectivity index (χ2n) is 4.47. The molecule has 3 N–H and O–H groups in total. The number of amides is 1. The van der Waals surface area contributed by atoms with E-state index in [9.17, 15) is 4.79 Å². The number of carbonyl (C=O) groups excluding carboxylic acids is 1. The van der Waals surface area contributed by atoms with Crippen LogP contribution >= 0.6 is 0 Å². The largest absolute Gasteiger partial charge is 0.383 e. The predicted octanol–water partition coefficient (Wildman–Crippen LogP) is 2.21. The second kappa shape index (κ2) is 5.56. The Morgan fingerprint density at radius 3 is 2.58 bits per heavy atom. The fourth-order valence-electron chi connectivity index (χ4n) is 1.86. The third-order valence-corrected chi connectivity index (χ3v) is 2.98. The Kier molecular flexibility index (Phi) is 3.85. The van der Waals surface area contributed by atoms with Crippen molar-refractivity contribution >= 4 is 17.4 Å². The lowest BCUT2D eigenvalue weighted by Crippen LogP contribution is -2.13. The standard InChI is InChI=1S/C14H18N4O/c1-3-4-10-5-7-11(8-6-10)17-14(19)12-9-16-18(2)13(12)15/h5-9H,3-4,15H2,1-2H3,(H,17,19). The summed E-state index contributed by atoms with van der Waals surface area (Å²) < 4.78 is 1.47. The first-order chi connectivity index (χ1) is 9.11. The van der Waals surface area contributed by atoms with Crippen molar-refractivity contribution in [3.8, 4) is 0 Å². The van der Waals surface area contributed by atoms with E-state index in [1.165, 1.54) is 16.4 Å². The van der Waals surface area contributed by atoms with E-state index in [-0.39, 0.29) is 5.91 Å². The van der Waals surface area contributed by atoms with E-state index in [1.807, 2.05) is 24.3 Å². The van der Waals surface area contributed by atoms with Crippen LogP contribution in [0.2, 0.25) is 0 Å². The van der Waals surface area contributed by atoms with Gasteiger partial charge < -0.3 is 11.1 Å². The highest BCUT2D eigenvalue weighted by molar-refractivity contribution is 6.07. The third-order valence-electron chi connectivity index (χ3n) is 2.98. The number of hydrogen-bond acceptors (Lipinski definition) is 3. The number of aromatic nitrogens is 2. The van der Waals surface area contributed by atoms with Gasteiger partial charge in [0.25, 0.3) is 5.91 Å². The molecule has 1 aromatic carbocycles. The average molecular weight is 258 g/mol. The summed E-state index contributed by atoms with van der Waals surface area (Å²) in [5, 5.41) is 6.76. The van der Waals surface area contributed by atoms with E-state index >= 15 is 0 Å². The zero-order valence-corrected chi connectivity index (χ0v) is 11.2. The van der Waals surface area contributed by atoms with Crippen molar-refractivity contribution < 1.29 is 4.79 Å². The second-order valence-corrected chi connectivity index (χ2v) is 4.47. The number of carbonyl (C=O) groups is 1. The monoisotopic (exact) mass is 258 g/mol. The highest BCUT2D eigenvalue weighted by Crippen LogP contribution is 2.15. The lowest BCUT2D eigenvalue weighted by molar-refractivity contribution is 0.102. The van der Waals surface area contributed by atoms with Crippen LogP contribution in [0.5, 0.6) is 0 Å². The summed E-state index contributed by atoms with van der Waals surface area (Å²) in [5.74, 6) is 0.119. The van der Waals surface area contributed by atoms with Gasteiger partial charge in [-0.25, -0.2) is 0 Å². The van der Waals surface area contributed by atoms with Crippen LogP contribution in [0.25, 0.3) is 0 Å². The van der Waals surface area contributed by atoms with Crippen LogP contribution in [0.3, 0.4) is 0 Å². The maximum atomic E-state index is 12.0. The van der Waals surface area contributed by atoms with Crippen molar-refractivity contribution in [2.24, 2.45) is 7.05 Å². The fourth-order valence-corrected chi connectivity index (χ4v) is 1.86. The van der Waals surface area contributed by atoms with Crippen molar-refractivity contribution in [3.05, 3.63) is 41.6 Å². The SMILES string of the molecule is CCCc1ccc(NC(=O)c2cnn(C)c2N)cc1. The number of nitrogens with one attached hydrogen (secondary N) is 1. The Hall–Kier alpha value is -2.30. The summed E-state index contributed by atoms with van der Waals surface area (Å²) in [4.78, 5) is 12.0. The van der Waals surface area contributed by atoms with E-state index in [1.54, 1.807) is 7.05 Å². The first-order valence-electron chi connectivity index (χ1n) is 6.29. The molecular formula is C14H18N4O. The number of nitrogen functional groups attached to an aromatic ring is 1. The highest BCUT2D eigenvalue weighted by atomic mass is 16.1. The zero-order chi connectivity index (χ0) is 13.8. The van der Waals surface area contributed by atoms with Crippen molar-refractivity contribution in [1.29, 1.82) is 0 Å². The Balaban J connectivity index is 2.08. The van der Waals surface area contributed by atoms with Gasteiger partial charge in [-0.2, -0.15) is 5.10 Å². The number of rotatable bonds is 4.